The van der Waals surface area contributed by atoms with Crippen LogP contribution in [-0.2, 0) is 0 Å². The highest BCUT2D eigenvalue weighted by Crippen LogP contribution is 2.42. The molecule has 0 saturated heterocycles. The molecule has 0 aliphatic rings. The molecule has 10 heteroatoms. The van der Waals surface area contributed by atoms with Gasteiger partial charge < -0.3 is 13.6 Å². The summed E-state index contributed by atoms with van der Waals surface area (Å²) < 4.78 is 10.6. The van der Waals surface area contributed by atoms with Crippen LogP contribution in [0, 0.1) is 0 Å². The van der Waals surface area contributed by atoms with E-state index < -0.39 is 0 Å². The molecule has 12 aromatic rings. The molecule has 3 heterocycles. The van der Waals surface area contributed by atoms with Crippen molar-refractivity contribution in [3.05, 3.63) is 164 Å². The third kappa shape index (κ3) is 5.45. The first-order valence-corrected chi connectivity index (χ1v) is 21.0. The summed E-state index contributed by atoms with van der Waals surface area (Å²) in [6, 6.07) is 56.1. The van der Waals surface area contributed by atoms with Crippen LogP contribution in [0.4, 0.5) is 0 Å². The zero-order valence-electron chi connectivity index (χ0n) is 34.4. The highest BCUT2D eigenvalue weighted by Gasteiger charge is 2.26. The van der Waals surface area contributed by atoms with E-state index in [0.29, 0.717) is 55.0 Å². The first-order valence-electron chi connectivity index (χ1n) is 21.0. The smallest absolute Gasteiger partial charge is 0.137 e. The summed E-state index contributed by atoms with van der Waals surface area (Å²) in [7, 11) is 48.9. The fraction of sp³-hybridized carbons (Fsp3) is 0. The molecule has 0 unspecified atom stereocenters. The Balaban J connectivity index is 1.16. The van der Waals surface area contributed by atoms with E-state index in [1.165, 1.54) is 0 Å². The summed E-state index contributed by atoms with van der Waals surface area (Å²) in [5.41, 5.74) is 13.8. The number of rotatable bonds is 5. The van der Waals surface area contributed by atoms with Gasteiger partial charge in [0.15, 0.2) is 0 Å². The molecule has 3 nitrogen and oxygen atoms in total. The van der Waals surface area contributed by atoms with E-state index in [9.17, 15) is 0 Å². The Morgan fingerprint density at radius 2 is 0.938 bits per heavy atom. The lowest BCUT2D eigenvalue weighted by Gasteiger charge is -2.19. The number of hydrogen-bond acceptors (Lipinski definition) is 1. The summed E-state index contributed by atoms with van der Waals surface area (Å²) in [6.07, 6.45) is 0. The van der Waals surface area contributed by atoms with Crippen LogP contribution in [0.25, 0.3) is 110 Å². The minimum Gasteiger partial charge on any atom is -0.456 e. The minimum absolute atomic E-state index is 0.160. The molecule has 3 aromatic heterocycles. The molecule has 0 spiro atoms. The molecule has 0 amide bonds. The van der Waals surface area contributed by atoms with Gasteiger partial charge in [-0.25, -0.2) is 0 Å². The Morgan fingerprint density at radius 3 is 1.70 bits per heavy atom. The van der Waals surface area contributed by atoms with Crippen LogP contribution < -0.4 is 38.2 Å². The molecule has 0 fully saturated rings. The third-order valence-electron chi connectivity index (χ3n) is 12.9. The van der Waals surface area contributed by atoms with Gasteiger partial charge in [0.05, 0.1) is 16.7 Å². The van der Waals surface area contributed by atoms with Crippen molar-refractivity contribution < 1.29 is 4.42 Å². The number of aromatic nitrogens is 2. The number of hydrogen-bond donors (Lipinski definition) is 0. The summed E-state index contributed by atoms with van der Waals surface area (Å²) in [5, 5.41) is 5.11. The Kier molecular flexibility index (Phi) is 8.69. The van der Waals surface area contributed by atoms with Crippen LogP contribution in [0.15, 0.2) is 168 Å². The quantitative estimate of drug-likeness (QED) is 0.187. The second-order valence-corrected chi connectivity index (χ2v) is 16.4. The first kappa shape index (κ1) is 38.5. The monoisotopic (exact) mass is 796 g/mol. The van der Waals surface area contributed by atoms with Crippen LogP contribution in [0.2, 0.25) is 0 Å². The lowest BCUT2D eigenvalue weighted by Crippen LogP contribution is -2.48. The van der Waals surface area contributed by atoms with Gasteiger partial charge in [-0.2, -0.15) is 0 Å². The summed E-state index contributed by atoms with van der Waals surface area (Å²) >= 11 is 0. The molecule has 0 saturated carbocycles. The van der Waals surface area contributed by atoms with E-state index in [-0.39, 0.29) is 21.9 Å². The first-order chi connectivity index (χ1) is 31.2. The van der Waals surface area contributed by atoms with E-state index in [4.69, 9.17) is 59.3 Å². The van der Waals surface area contributed by atoms with Gasteiger partial charge in [0.25, 0.3) is 0 Å². The van der Waals surface area contributed by atoms with E-state index in [1.807, 2.05) is 59.2 Å². The third-order valence-corrected chi connectivity index (χ3v) is 12.9. The highest BCUT2D eigenvalue weighted by molar-refractivity contribution is 6.69. The van der Waals surface area contributed by atoms with Crippen LogP contribution in [-0.4, -0.2) is 64.1 Å². The van der Waals surface area contributed by atoms with Gasteiger partial charge in [0.1, 0.15) is 66.1 Å². The maximum atomic E-state index is 7.42. The predicted molar refractivity (Wildman–Crippen MR) is 276 cm³/mol. The molecular formula is C54H27B7N2O. The molecule has 64 heavy (non-hydrogen) atoms. The highest BCUT2D eigenvalue weighted by atomic mass is 16.3. The van der Waals surface area contributed by atoms with Gasteiger partial charge in [0.2, 0.25) is 0 Å². The second-order valence-electron chi connectivity index (χ2n) is 16.4. The largest absolute Gasteiger partial charge is 0.456 e. The topological polar surface area (TPSA) is 23.0 Å². The summed E-state index contributed by atoms with van der Waals surface area (Å²) in [6.45, 7) is 0. The molecule has 12 rings (SSSR count). The maximum Gasteiger partial charge on any atom is 0.137 e. The van der Waals surface area contributed by atoms with Gasteiger partial charge in [-0.05, 0) is 64.0 Å². The van der Waals surface area contributed by atoms with Crippen molar-refractivity contribution in [1.29, 1.82) is 0 Å². The van der Waals surface area contributed by atoms with Crippen molar-refractivity contribution in [3.63, 3.8) is 0 Å². The second kappa shape index (κ2) is 14.4. The van der Waals surface area contributed by atoms with Crippen molar-refractivity contribution in [2.24, 2.45) is 0 Å². The SMILES string of the molecule is [B]c1c([B])c([B])c2c(c1[B])c1c([B])c(-c3ccc4c(c3)c3cccc(-c5ccccc5)c3n4-c3ccccc3-c3ccccc3)c([B])c([B])c1n2-c1ccc2c(c1)oc1ccccc12. The predicted octanol–water partition coefficient (Wildman–Crippen LogP) is 6.34. The van der Waals surface area contributed by atoms with Crippen LogP contribution in [0.3, 0.4) is 0 Å². The van der Waals surface area contributed by atoms with Crippen molar-refractivity contribution in [2.75, 3.05) is 0 Å². The van der Waals surface area contributed by atoms with Gasteiger partial charge in [0, 0.05) is 60.8 Å². The fourth-order valence-corrected chi connectivity index (χ4v) is 9.97. The number of fused-ring (bicyclic) bond motifs is 9. The summed E-state index contributed by atoms with van der Waals surface area (Å²) in [4.78, 5) is 0. The molecular weight excluding hydrogens is 768 g/mol. The van der Waals surface area contributed by atoms with Gasteiger partial charge in [-0.3, -0.25) is 0 Å². The minimum atomic E-state index is 0.160. The zero-order chi connectivity index (χ0) is 43.5. The molecule has 0 N–H and O–H groups in total. The molecule has 0 bridgehead atoms. The van der Waals surface area contributed by atoms with Crippen molar-refractivity contribution in [1.82, 2.24) is 9.13 Å². The van der Waals surface area contributed by atoms with E-state index >= 15 is 0 Å². The molecule has 0 aliphatic carbocycles. The number of nitrogens with zero attached hydrogens (tertiary/aromatic N) is 2. The van der Waals surface area contributed by atoms with E-state index in [1.54, 1.807) is 0 Å². The molecule has 0 atom stereocenters. The van der Waals surface area contributed by atoms with Gasteiger partial charge in [-0.1, -0.05) is 149 Å². The summed E-state index contributed by atoms with van der Waals surface area (Å²) in [5.74, 6) is 0. The Bertz CT molecular complexity index is 3930. The number of benzene rings is 9. The number of para-hydroxylation sites is 3. The fourth-order valence-electron chi connectivity index (χ4n) is 9.97. The van der Waals surface area contributed by atoms with Crippen LogP contribution in [0.1, 0.15) is 0 Å². The normalized spacial score (nSPS) is 11.9. The number of furan rings is 1. The molecule has 280 valence electrons. The average molecular weight is 796 g/mol. The van der Waals surface area contributed by atoms with Crippen LogP contribution >= 0.6 is 0 Å². The lowest BCUT2D eigenvalue weighted by atomic mass is 9.64. The zero-order valence-corrected chi connectivity index (χ0v) is 34.4. The lowest BCUT2D eigenvalue weighted by molar-refractivity contribution is 0.668. The van der Waals surface area contributed by atoms with Gasteiger partial charge in [-0.15, -0.1) is 10.9 Å². The van der Waals surface area contributed by atoms with Gasteiger partial charge >= 0.3 is 0 Å². The van der Waals surface area contributed by atoms with Crippen molar-refractivity contribution in [3.8, 4) is 44.8 Å². The van der Waals surface area contributed by atoms with Crippen LogP contribution in [0.5, 0.6) is 0 Å². The van der Waals surface area contributed by atoms with E-state index in [0.717, 1.165) is 71.7 Å². The van der Waals surface area contributed by atoms with Crippen molar-refractivity contribution in [2.45, 2.75) is 0 Å². The Labute approximate surface area is 379 Å². The average Bonchev–Trinajstić information content (AvgIpc) is 4.01. The van der Waals surface area contributed by atoms with E-state index in [2.05, 4.69) is 114 Å². The standard InChI is InChI=1S/C54H27B7N2O/c55-45-42(46(56)50(60)53-43(45)44-47(57)48(58)49(59)51(61)54(44)62(53)31-23-24-35-34-17-8-10-21-40(34)64-41(35)27-31)30-22-25-39-37(26-30)36-19-11-18-33(29-14-5-2-6-15-29)52(36)63(39)38-20-9-7-16-32(38)28-12-3-1-4-13-28/h1-27H. The Hall–Kier alpha value is -7.17. The molecule has 9 aromatic carbocycles. The molecule has 0 aliphatic heterocycles. The maximum absolute atomic E-state index is 7.42. The van der Waals surface area contributed by atoms with Crippen molar-refractivity contribution >= 4 is 159 Å². The molecule has 14 radical (unpaired) electrons. The Morgan fingerprint density at radius 1 is 0.344 bits per heavy atom.